The zero-order valence-electron chi connectivity index (χ0n) is 13.3. The number of rotatable bonds is 2. The van der Waals surface area contributed by atoms with Gasteiger partial charge in [-0.2, -0.15) is 0 Å². The van der Waals surface area contributed by atoms with Crippen LogP contribution < -0.4 is 4.90 Å². The Morgan fingerprint density at radius 3 is 2.95 bits per heavy atom. The van der Waals surface area contributed by atoms with Crippen molar-refractivity contribution in [3.8, 4) is 5.69 Å². The Balaban J connectivity index is 1.84. The molecule has 1 fully saturated rings. The molecule has 0 unspecified atom stereocenters. The Hall–Kier alpha value is -2.40. The fraction of sp³-hybridized carbons (Fsp3) is 0.294. The highest BCUT2D eigenvalue weighted by atomic mass is 16.5. The van der Waals surface area contributed by atoms with Crippen LogP contribution in [0.3, 0.4) is 0 Å². The van der Waals surface area contributed by atoms with E-state index in [2.05, 4.69) is 9.88 Å². The lowest BCUT2D eigenvalue weighted by Crippen LogP contribution is -2.26. The van der Waals surface area contributed by atoms with E-state index in [9.17, 15) is 0 Å². The molecule has 0 saturated carbocycles. The largest absolute Gasteiger partial charge is 0.380 e. The maximum absolute atomic E-state index is 7.64. The first kappa shape index (κ1) is 12.2. The number of para-hydroxylation sites is 1. The highest BCUT2D eigenvalue weighted by Crippen LogP contribution is 2.28. The predicted molar refractivity (Wildman–Crippen MR) is 86.5 cm³/mol. The average Bonchev–Trinajstić information content (AvgIpc) is 2.77. The number of hydrogen-bond donors (Lipinski definition) is 0. The summed E-state index contributed by atoms with van der Waals surface area (Å²) >= 11 is 0. The smallest absolute Gasteiger partial charge is 0.159 e. The molecule has 3 heterocycles. The third-order valence-corrected chi connectivity index (χ3v) is 3.93. The summed E-state index contributed by atoms with van der Waals surface area (Å²) in [6.45, 7) is 3.33. The topological polar surface area (TPSA) is 43.2 Å². The number of hydrogen-bond acceptors (Lipinski definition) is 4. The van der Waals surface area contributed by atoms with Crippen LogP contribution in [0, 0.1) is 0 Å². The van der Waals surface area contributed by atoms with Crippen molar-refractivity contribution in [3.63, 3.8) is 0 Å². The zero-order valence-corrected chi connectivity index (χ0v) is 12.3. The van der Waals surface area contributed by atoms with E-state index in [1.54, 1.807) is 18.3 Å². The van der Waals surface area contributed by atoms with E-state index in [1.807, 2.05) is 29.1 Å². The molecule has 0 amide bonds. The second-order valence-electron chi connectivity index (χ2n) is 5.34. The molecule has 22 heavy (non-hydrogen) atoms. The van der Waals surface area contributed by atoms with E-state index in [0.717, 1.165) is 55.1 Å². The van der Waals surface area contributed by atoms with Crippen molar-refractivity contribution in [2.45, 2.75) is 6.42 Å². The monoisotopic (exact) mass is 295 g/mol. The van der Waals surface area contributed by atoms with Crippen LogP contribution in [0.15, 0.2) is 48.8 Å². The first-order valence-corrected chi connectivity index (χ1v) is 7.55. The number of aromatic nitrogens is 3. The van der Waals surface area contributed by atoms with Crippen molar-refractivity contribution in [2.75, 3.05) is 31.2 Å². The van der Waals surface area contributed by atoms with Crippen molar-refractivity contribution < 1.29 is 6.11 Å². The summed E-state index contributed by atoms with van der Waals surface area (Å²) in [5.74, 6) is 0.975. The molecule has 0 aliphatic carbocycles. The lowest BCUT2D eigenvalue weighted by molar-refractivity contribution is 0.152. The Morgan fingerprint density at radius 1 is 1.14 bits per heavy atom. The van der Waals surface area contributed by atoms with Gasteiger partial charge in [-0.1, -0.05) is 18.2 Å². The molecule has 4 rings (SSSR count). The van der Waals surface area contributed by atoms with Crippen LogP contribution in [-0.4, -0.2) is 41.1 Å². The summed E-state index contributed by atoms with van der Waals surface area (Å²) < 4.78 is 15.1. The molecule has 1 saturated heterocycles. The minimum absolute atomic E-state index is 0.494. The molecule has 0 N–H and O–H groups in total. The molecule has 5 nitrogen and oxygen atoms in total. The molecule has 3 aromatic rings. The van der Waals surface area contributed by atoms with Crippen LogP contribution in [0.2, 0.25) is 0 Å². The van der Waals surface area contributed by atoms with Crippen LogP contribution in [0.4, 0.5) is 5.82 Å². The first-order valence-electron chi connectivity index (χ1n) is 8.05. The van der Waals surface area contributed by atoms with Gasteiger partial charge in [0.2, 0.25) is 0 Å². The Labute approximate surface area is 130 Å². The normalized spacial score (nSPS) is 16.5. The summed E-state index contributed by atoms with van der Waals surface area (Å²) in [5.41, 5.74) is 1.92. The number of fused-ring (bicyclic) bond motifs is 1. The van der Waals surface area contributed by atoms with Crippen molar-refractivity contribution in [1.29, 1.82) is 0 Å². The van der Waals surface area contributed by atoms with Crippen LogP contribution in [-0.2, 0) is 4.74 Å². The molecule has 5 heteroatoms. The minimum atomic E-state index is 0.494. The Kier molecular flexibility index (Phi) is 3.19. The number of pyridine rings is 1. The van der Waals surface area contributed by atoms with E-state index >= 15 is 0 Å². The third kappa shape index (κ3) is 2.33. The molecule has 0 atom stereocenters. The summed E-state index contributed by atoms with van der Waals surface area (Å²) in [6, 6.07) is 9.89. The van der Waals surface area contributed by atoms with Gasteiger partial charge in [-0.25, -0.2) is 4.68 Å². The number of nitrogens with zero attached hydrogens (tertiary/aromatic N) is 4. The van der Waals surface area contributed by atoms with Gasteiger partial charge < -0.3 is 9.64 Å². The molecular formula is C17H18N4O. The van der Waals surface area contributed by atoms with Gasteiger partial charge in [-0.3, -0.25) is 4.98 Å². The van der Waals surface area contributed by atoms with Crippen LogP contribution in [0.5, 0.6) is 0 Å². The van der Waals surface area contributed by atoms with Gasteiger partial charge in [0.1, 0.15) is 0 Å². The van der Waals surface area contributed by atoms with Crippen LogP contribution in [0.25, 0.3) is 16.6 Å². The maximum Gasteiger partial charge on any atom is 0.159 e. The van der Waals surface area contributed by atoms with Crippen molar-refractivity contribution in [2.24, 2.45) is 0 Å². The molecule has 0 spiro atoms. The van der Waals surface area contributed by atoms with Gasteiger partial charge in [-0.15, -0.1) is 5.10 Å². The summed E-state index contributed by atoms with van der Waals surface area (Å²) in [4.78, 5) is 6.53. The number of ether oxygens (including phenoxy) is 1. The standard InChI is InChI=1S/C17H18N4O/c1-2-5-14(6-3-1)21-16-13-18-8-7-15(16)17(19-21)20-9-4-11-22-12-10-20/h1-3,5-8,13H,4,9-12H2/i1D. The van der Waals surface area contributed by atoms with Gasteiger partial charge in [0, 0.05) is 31.3 Å². The fourth-order valence-electron chi connectivity index (χ4n) is 2.85. The second-order valence-corrected chi connectivity index (χ2v) is 5.34. The van der Waals surface area contributed by atoms with E-state index in [-0.39, 0.29) is 0 Å². The first-order chi connectivity index (χ1) is 11.3. The Morgan fingerprint density at radius 2 is 2.05 bits per heavy atom. The summed E-state index contributed by atoms with van der Waals surface area (Å²) in [7, 11) is 0. The maximum atomic E-state index is 7.64. The minimum Gasteiger partial charge on any atom is -0.380 e. The highest BCUT2D eigenvalue weighted by Gasteiger charge is 2.18. The van der Waals surface area contributed by atoms with Crippen LogP contribution in [0.1, 0.15) is 7.79 Å². The number of benzene rings is 1. The number of anilines is 1. The summed E-state index contributed by atoms with van der Waals surface area (Å²) in [5, 5.41) is 5.93. The van der Waals surface area contributed by atoms with Gasteiger partial charge in [0.05, 0.1) is 25.4 Å². The Bertz CT molecular complexity index is 807. The molecule has 1 aromatic carbocycles. The van der Waals surface area contributed by atoms with Gasteiger partial charge in [-0.05, 0) is 24.6 Å². The average molecular weight is 295 g/mol. The predicted octanol–water partition coefficient (Wildman–Crippen LogP) is 2.65. The molecule has 0 radical (unpaired) electrons. The lowest BCUT2D eigenvalue weighted by atomic mass is 10.2. The fourth-order valence-corrected chi connectivity index (χ4v) is 2.85. The van der Waals surface area contributed by atoms with Gasteiger partial charge in [0.25, 0.3) is 0 Å². The molecule has 2 aromatic heterocycles. The van der Waals surface area contributed by atoms with E-state index in [4.69, 9.17) is 11.2 Å². The van der Waals surface area contributed by atoms with E-state index in [1.165, 1.54) is 0 Å². The molecule has 1 aliphatic heterocycles. The second kappa shape index (κ2) is 5.77. The van der Waals surface area contributed by atoms with Crippen molar-refractivity contribution in [1.82, 2.24) is 14.8 Å². The van der Waals surface area contributed by atoms with E-state index < -0.39 is 0 Å². The summed E-state index contributed by atoms with van der Waals surface area (Å²) in [6.07, 6.45) is 4.65. The molecule has 0 bridgehead atoms. The molecule has 112 valence electrons. The molecule has 1 aliphatic rings. The zero-order chi connectivity index (χ0) is 15.6. The van der Waals surface area contributed by atoms with E-state index in [0.29, 0.717) is 6.04 Å². The van der Waals surface area contributed by atoms with Gasteiger partial charge >= 0.3 is 0 Å². The highest BCUT2D eigenvalue weighted by molar-refractivity contribution is 5.91. The van der Waals surface area contributed by atoms with Crippen LogP contribution >= 0.6 is 0 Å². The SMILES string of the molecule is [2H]c1ccc(-n2nc(N3CCCOCC3)c3ccncc32)cc1. The van der Waals surface area contributed by atoms with Crippen molar-refractivity contribution >= 4 is 16.7 Å². The van der Waals surface area contributed by atoms with Gasteiger partial charge in [0.15, 0.2) is 5.82 Å². The van der Waals surface area contributed by atoms with Crippen molar-refractivity contribution in [3.05, 3.63) is 48.8 Å². The quantitative estimate of drug-likeness (QED) is 0.729. The lowest BCUT2D eigenvalue weighted by Gasteiger charge is -2.19. The molecular weight excluding hydrogens is 276 g/mol. The third-order valence-electron chi connectivity index (χ3n) is 3.93.